The van der Waals surface area contributed by atoms with E-state index in [4.69, 9.17) is 9.47 Å². The molecule has 1 saturated carbocycles. The van der Waals surface area contributed by atoms with Crippen molar-refractivity contribution in [3.63, 3.8) is 0 Å². The molecule has 1 fully saturated rings. The van der Waals surface area contributed by atoms with Crippen LogP contribution in [0.15, 0.2) is 18.2 Å². The summed E-state index contributed by atoms with van der Waals surface area (Å²) < 4.78 is 10.6. The quantitative estimate of drug-likeness (QED) is 0.792. The van der Waals surface area contributed by atoms with Crippen molar-refractivity contribution in [2.75, 3.05) is 27.8 Å². The third kappa shape index (κ3) is 5.13. The van der Waals surface area contributed by atoms with Gasteiger partial charge in [-0.3, -0.25) is 4.79 Å². The molecule has 5 nitrogen and oxygen atoms in total. The summed E-state index contributed by atoms with van der Waals surface area (Å²) in [4.78, 5) is 13.5. The fourth-order valence-electron chi connectivity index (χ4n) is 3.46. The first kappa shape index (κ1) is 18.6. The molecule has 134 valence electrons. The highest BCUT2D eigenvalue weighted by Crippen LogP contribution is 2.27. The number of nitrogens with one attached hydrogen (secondary N) is 2. The summed E-state index contributed by atoms with van der Waals surface area (Å²) in [5.41, 5.74) is 1.13. The normalized spacial score (nSPS) is 21.8. The second-order valence-electron chi connectivity index (χ2n) is 6.94. The van der Waals surface area contributed by atoms with Crippen LogP contribution in [0.25, 0.3) is 0 Å². The third-order valence-electron chi connectivity index (χ3n) is 4.87. The SMILES string of the molecule is COc1ccc(C[NH+](C)CC(=O)N[C@@H]2CCCC[C@H]2C)cc1OC. The highest BCUT2D eigenvalue weighted by Gasteiger charge is 2.23. The van der Waals surface area contributed by atoms with Gasteiger partial charge in [-0.25, -0.2) is 0 Å². The van der Waals surface area contributed by atoms with Gasteiger partial charge in [-0.15, -0.1) is 0 Å². The first-order valence-electron chi connectivity index (χ1n) is 8.85. The van der Waals surface area contributed by atoms with Crippen LogP contribution in [-0.4, -0.2) is 39.8 Å². The smallest absolute Gasteiger partial charge is 0.275 e. The van der Waals surface area contributed by atoms with E-state index < -0.39 is 0 Å². The van der Waals surface area contributed by atoms with Crippen LogP contribution in [-0.2, 0) is 11.3 Å². The number of carbonyl (C=O) groups is 1. The van der Waals surface area contributed by atoms with Gasteiger partial charge in [0.2, 0.25) is 0 Å². The third-order valence-corrected chi connectivity index (χ3v) is 4.87. The largest absolute Gasteiger partial charge is 0.493 e. The van der Waals surface area contributed by atoms with Crippen molar-refractivity contribution in [1.82, 2.24) is 5.32 Å². The number of quaternary nitrogens is 1. The number of ether oxygens (including phenoxy) is 2. The van der Waals surface area contributed by atoms with Crippen molar-refractivity contribution >= 4 is 5.91 Å². The van der Waals surface area contributed by atoms with Crippen molar-refractivity contribution < 1.29 is 19.2 Å². The molecule has 2 rings (SSSR count). The fourth-order valence-corrected chi connectivity index (χ4v) is 3.46. The van der Waals surface area contributed by atoms with Crippen LogP contribution >= 0.6 is 0 Å². The van der Waals surface area contributed by atoms with Crippen molar-refractivity contribution in [2.45, 2.75) is 45.2 Å². The Balaban J connectivity index is 1.86. The standard InChI is InChI=1S/C19H30N2O3/c1-14-7-5-6-8-16(14)20-19(22)13-21(2)12-15-9-10-17(23-3)18(11-15)24-4/h9-11,14,16H,5-8,12-13H2,1-4H3,(H,20,22)/p+1/t14-,16-/m1/s1. The Hall–Kier alpha value is -1.75. The van der Waals surface area contributed by atoms with E-state index in [0.717, 1.165) is 34.9 Å². The maximum Gasteiger partial charge on any atom is 0.275 e. The predicted octanol–water partition coefficient (Wildman–Crippen LogP) is 1.41. The van der Waals surface area contributed by atoms with Gasteiger partial charge in [-0.05, 0) is 37.0 Å². The minimum atomic E-state index is 0.145. The van der Waals surface area contributed by atoms with Gasteiger partial charge in [0.1, 0.15) is 6.54 Å². The number of hydrogen-bond donors (Lipinski definition) is 2. The van der Waals surface area contributed by atoms with Gasteiger partial charge in [-0.1, -0.05) is 19.8 Å². The van der Waals surface area contributed by atoms with Crippen LogP contribution in [0, 0.1) is 5.92 Å². The number of rotatable bonds is 7. The molecule has 1 unspecified atom stereocenters. The van der Waals surface area contributed by atoms with E-state index in [1.54, 1.807) is 14.2 Å². The van der Waals surface area contributed by atoms with Gasteiger partial charge in [0.05, 0.1) is 21.3 Å². The summed E-state index contributed by atoms with van der Waals surface area (Å²) in [6.07, 6.45) is 4.85. The number of methoxy groups -OCH3 is 2. The molecule has 24 heavy (non-hydrogen) atoms. The fraction of sp³-hybridized carbons (Fsp3) is 0.632. The Kier molecular flexibility index (Phi) is 6.91. The number of hydrogen-bond acceptors (Lipinski definition) is 3. The minimum Gasteiger partial charge on any atom is -0.493 e. The van der Waals surface area contributed by atoms with Crippen LogP contribution in [0.1, 0.15) is 38.2 Å². The van der Waals surface area contributed by atoms with E-state index in [0.29, 0.717) is 18.5 Å². The summed E-state index contributed by atoms with van der Waals surface area (Å²) in [6.45, 7) is 3.50. The van der Waals surface area contributed by atoms with Gasteiger partial charge >= 0.3 is 0 Å². The molecule has 0 aliphatic heterocycles. The average molecular weight is 335 g/mol. The lowest BCUT2D eigenvalue weighted by molar-refractivity contribution is -0.885. The Bertz CT molecular complexity index is 547. The van der Waals surface area contributed by atoms with Gasteiger partial charge < -0.3 is 19.7 Å². The number of carbonyl (C=O) groups excluding carboxylic acids is 1. The van der Waals surface area contributed by atoms with Crippen LogP contribution in [0.5, 0.6) is 11.5 Å². The molecular formula is C19H31N2O3+. The van der Waals surface area contributed by atoms with Crippen molar-refractivity contribution in [3.05, 3.63) is 23.8 Å². The molecule has 1 aromatic rings. The highest BCUT2D eigenvalue weighted by atomic mass is 16.5. The molecule has 0 heterocycles. The second-order valence-corrected chi connectivity index (χ2v) is 6.94. The Labute approximate surface area is 145 Å². The molecule has 2 N–H and O–H groups in total. The van der Waals surface area contributed by atoms with E-state index in [1.807, 2.05) is 25.2 Å². The number of benzene rings is 1. The number of likely N-dealkylation sites (N-methyl/N-ethyl adjacent to an activating group) is 1. The van der Waals surface area contributed by atoms with E-state index in [9.17, 15) is 4.79 Å². The summed E-state index contributed by atoms with van der Waals surface area (Å²) in [5.74, 6) is 2.19. The molecule has 0 bridgehead atoms. The zero-order chi connectivity index (χ0) is 17.5. The monoisotopic (exact) mass is 335 g/mol. The Morgan fingerprint density at radius 1 is 1.21 bits per heavy atom. The first-order chi connectivity index (χ1) is 11.5. The van der Waals surface area contributed by atoms with Crippen LogP contribution in [0.3, 0.4) is 0 Å². The predicted molar refractivity (Wildman–Crippen MR) is 94.6 cm³/mol. The molecule has 1 aliphatic rings. The summed E-state index contributed by atoms with van der Waals surface area (Å²) in [6, 6.07) is 6.25. The second kappa shape index (κ2) is 8.92. The van der Waals surface area contributed by atoms with E-state index in [1.165, 1.54) is 19.3 Å². The lowest BCUT2D eigenvalue weighted by atomic mass is 9.86. The molecule has 1 aromatic carbocycles. The summed E-state index contributed by atoms with van der Waals surface area (Å²) >= 11 is 0. The molecule has 5 heteroatoms. The molecule has 0 saturated heterocycles. The summed E-state index contributed by atoms with van der Waals surface area (Å²) in [5, 5.41) is 3.22. The average Bonchev–Trinajstić information content (AvgIpc) is 2.56. The van der Waals surface area contributed by atoms with Crippen LogP contribution < -0.4 is 19.7 Å². The van der Waals surface area contributed by atoms with E-state index >= 15 is 0 Å². The lowest BCUT2D eigenvalue weighted by Crippen LogP contribution is -3.09. The Morgan fingerprint density at radius 2 is 1.92 bits per heavy atom. The molecule has 1 amide bonds. The summed E-state index contributed by atoms with van der Waals surface area (Å²) in [7, 11) is 5.31. The number of amides is 1. The van der Waals surface area contributed by atoms with Crippen LogP contribution in [0.2, 0.25) is 0 Å². The van der Waals surface area contributed by atoms with Crippen molar-refractivity contribution in [2.24, 2.45) is 5.92 Å². The van der Waals surface area contributed by atoms with Crippen molar-refractivity contribution in [1.29, 1.82) is 0 Å². The molecule has 0 spiro atoms. The zero-order valence-electron chi connectivity index (χ0n) is 15.4. The molecule has 0 radical (unpaired) electrons. The van der Waals surface area contributed by atoms with Gasteiger partial charge in [0.15, 0.2) is 18.0 Å². The topological polar surface area (TPSA) is 52.0 Å². The maximum absolute atomic E-state index is 12.3. The van der Waals surface area contributed by atoms with Crippen LogP contribution in [0.4, 0.5) is 0 Å². The molecule has 0 aromatic heterocycles. The maximum atomic E-state index is 12.3. The zero-order valence-corrected chi connectivity index (χ0v) is 15.4. The lowest BCUT2D eigenvalue weighted by Gasteiger charge is -2.29. The highest BCUT2D eigenvalue weighted by molar-refractivity contribution is 5.77. The molecule has 1 aliphatic carbocycles. The van der Waals surface area contributed by atoms with E-state index in [-0.39, 0.29) is 5.91 Å². The molecule has 3 atom stereocenters. The van der Waals surface area contributed by atoms with Gasteiger partial charge in [0, 0.05) is 11.6 Å². The van der Waals surface area contributed by atoms with Crippen molar-refractivity contribution in [3.8, 4) is 11.5 Å². The van der Waals surface area contributed by atoms with Gasteiger partial charge in [-0.2, -0.15) is 0 Å². The van der Waals surface area contributed by atoms with E-state index in [2.05, 4.69) is 12.2 Å². The first-order valence-corrected chi connectivity index (χ1v) is 8.85. The van der Waals surface area contributed by atoms with Gasteiger partial charge in [0.25, 0.3) is 5.91 Å². The Morgan fingerprint density at radius 3 is 2.58 bits per heavy atom. The minimum absolute atomic E-state index is 0.145. The molecular weight excluding hydrogens is 304 g/mol.